The minimum absolute atomic E-state index is 0.133. The number of Topliss-reactive ketones (excluding diaryl/α,β-unsaturated/α-hetero) is 1. The molecule has 1 fully saturated rings. The van der Waals surface area contributed by atoms with Crippen molar-refractivity contribution in [3.8, 4) is 11.4 Å². The van der Waals surface area contributed by atoms with E-state index in [1.54, 1.807) is 24.3 Å². The number of hydrogen-bond donors (Lipinski definition) is 0. The van der Waals surface area contributed by atoms with E-state index in [1.807, 2.05) is 55.7 Å². The highest BCUT2D eigenvalue weighted by atomic mass is 16.5. The molecule has 4 rings (SSSR count). The predicted molar refractivity (Wildman–Crippen MR) is 126 cm³/mol. The van der Waals surface area contributed by atoms with Crippen LogP contribution in [0.5, 0.6) is 5.75 Å². The number of esters is 1. The third-order valence-electron chi connectivity index (χ3n) is 5.91. The van der Waals surface area contributed by atoms with Crippen molar-refractivity contribution < 1.29 is 23.8 Å². The molecule has 6 nitrogen and oxygen atoms in total. The summed E-state index contributed by atoms with van der Waals surface area (Å²) in [5.74, 6) is -0.102. The van der Waals surface area contributed by atoms with E-state index in [-0.39, 0.29) is 18.5 Å². The summed E-state index contributed by atoms with van der Waals surface area (Å²) in [6.45, 7) is 6.87. The van der Waals surface area contributed by atoms with Crippen LogP contribution in [-0.4, -0.2) is 42.2 Å². The summed E-state index contributed by atoms with van der Waals surface area (Å²) < 4.78 is 18.6. The van der Waals surface area contributed by atoms with E-state index in [4.69, 9.17) is 14.2 Å². The second-order valence-electron chi connectivity index (χ2n) is 8.43. The van der Waals surface area contributed by atoms with Crippen molar-refractivity contribution >= 4 is 11.8 Å². The van der Waals surface area contributed by atoms with E-state index in [0.717, 1.165) is 36.5 Å². The fourth-order valence-corrected chi connectivity index (χ4v) is 4.08. The van der Waals surface area contributed by atoms with Crippen molar-refractivity contribution in [2.75, 3.05) is 19.8 Å². The standard InChI is InChI=1S/C27H29NO5/c1-18-6-10-22(11-7-18)28-19(2)15-25(20(28)3)26(29)17-33-27(30)21-8-12-23(13-9-21)32-16-24-5-4-14-31-24/h6-13,15,24H,4-5,14,16-17H2,1-3H3. The number of benzene rings is 2. The Labute approximate surface area is 194 Å². The second kappa shape index (κ2) is 10.0. The number of aromatic nitrogens is 1. The molecule has 33 heavy (non-hydrogen) atoms. The summed E-state index contributed by atoms with van der Waals surface area (Å²) in [4.78, 5) is 25.2. The smallest absolute Gasteiger partial charge is 0.338 e. The summed E-state index contributed by atoms with van der Waals surface area (Å²) >= 11 is 0. The number of rotatable bonds is 8. The van der Waals surface area contributed by atoms with Gasteiger partial charge in [0.25, 0.3) is 0 Å². The lowest BCUT2D eigenvalue weighted by atomic mass is 10.1. The third-order valence-corrected chi connectivity index (χ3v) is 5.91. The van der Waals surface area contributed by atoms with Crippen LogP contribution in [0.1, 0.15) is 50.5 Å². The molecule has 1 aliphatic heterocycles. The quantitative estimate of drug-likeness (QED) is 0.359. The van der Waals surface area contributed by atoms with Crippen molar-refractivity contribution in [3.63, 3.8) is 0 Å². The molecule has 0 bridgehead atoms. The summed E-state index contributed by atoms with van der Waals surface area (Å²) in [6, 6.07) is 16.7. The fourth-order valence-electron chi connectivity index (χ4n) is 4.08. The van der Waals surface area contributed by atoms with Crippen molar-refractivity contribution in [1.29, 1.82) is 0 Å². The van der Waals surface area contributed by atoms with Crippen molar-refractivity contribution in [2.45, 2.75) is 39.7 Å². The Bertz CT molecular complexity index is 1120. The molecular formula is C27H29NO5. The van der Waals surface area contributed by atoms with Crippen LogP contribution in [0.2, 0.25) is 0 Å². The molecule has 3 aromatic rings. The Morgan fingerprint density at radius 3 is 2.42 bits per heavy atom. The molecule has 0 aliphatic carbocycles. The van der Waals surface area contributed by atoms with E-state index in [0.29, 0.717) is 23.5 Å². The SMILES string of the molecule is Cc1ccc(-n2c(C)cc(C(=O)COC(=O)c3ccc(OCC4CCCO4)cc3)c2C)cc1. The van der Waals surface area contributed by atoms with Crippen LogP contribution in [-0.2, 0) is 9.47 Å². The van der Waals surface area contributed by atoms with Crippen LogP contribution in [0.3, 0.4) is 0 Å². The molecular weight excluding hydrogens is 418 g/mol. The lowest BCUT2D eigenvalue weighted by Crippen LogP contribution is -2.16. The molecule has 0 N–H and O–H groups in total. The highest BCUT2D eigenvalue weighted by Gasteiger charge is 2.19. The lowest BCUT2D eigenvalue weighted by molar-refractivity contribution is 0.0474. The number of nitrogens with zero attached hydrogens (tertiary/aromatic N) is 1. The van der Waals surface area contributed by atoms with Gasteiger partial charge < -0.3 is 18.8 Å². The monoisotopic (exact) mass is 447 g/mol. The van der Waals surface area contributed by atoms with Gasteiger partial charge in [-0.25, -0.2) is 4.79 Å². The Morgan fingerprint density at radius 2 is 1.76 bits per heavy atom. The first-order valence-corrected chi connectivity index (χ1v) is 11.2. The minimum atomic E-state index is -0.540. The Kier molecular flexibility index (Phi) is 6.94. The predicted octanol–water partition coefficient (Wildman–Crippen LogP) is 5.00. The van der Waals surface area contributed by atoms with E-state index in [2.05, 4.69) is 0 Å². The van der Waals surface area contributed by atoms with Crippen LogP contribution in [0.4, 0.5) is 0 Å². The topological polar surface area (TPSA) is 66.8 Å². The van der Waals surface area contributed by atoms with Crippen LogP contribution in [0.25, 0.3) is 5.69 Å². The van der Waals surface area contributed by atoms with Crippen LogP contribution in [0.15, 0.2) is 54.6 Å². The molecule has 172 valence electrons. The van der Waals surface area contributed by atoms with Crippen molar-refractivity contribution in [1.82, 2.24) is 4.57 Å². The average Bonchev–Trinajstić information content (AvgIpc) is 3.44. The average molecular weight is 448 g/mol. The molecule has 1 unspecified atom stereocenters. The first kappa shape index (κ1) is 22.8. The van der Waals surface area contributed by atoms with Gasteiger partial charge >= 0.3 is 5.97 Å². The van der Waals surface area contributed by atoms with Gasteiger partial charge in [-0.1, -0.05) is 17.7 Å². The fraction of sp³-hybridized carbons (Fsp3) is 0.333. The van der Waals surface area contributed by atoms with Gasteiger partial charge in [-0.15, -0.1) is 0 Å². The number of ether oxygens (including phenoxy) is 3. The van der Waals surface area contributed by atoms with Crippen molar-refractivity contribution in [3.05, 3.63) is 82.7 Å². The minimum Gasteiger partial charge on any atom is -0.491 e. The maximum atomic E-state index is 12.8. The number of carbonyl (C=O) groups excluding carboxylic acids is 2. The van der Waals surface area contributed by atoms with Gasteiger partial charge in [-0.2, -0.15) is 0 Å². The highest BCUT2D eigenvalue weighted by molar-refractivity contribution is 6.00. The first-order chi connectivity index (χ1) is 15.9. The van der Waals surface area contributed by atoms with Gasteiger partial charge in [0, 0.05) is 29.2 Å². The van der Waals surface area contributed by atoms with E-state index >= 15 is 0 Å². The van der Waals surface area contributed by atoms with Gasteiger partial charge in [0.15, 0.2) is 6.61 Å². The number of aryl methyl sites for hydroxylation is 2. The maximum absolute atomic E-state index is 12.8. The highest BCUT2D eigenvalue weighted by Crippen LogP contribution is 2.22. The molecule has 0 spiro atoms. The summed E-state index contributed by atoms with van der Waals surface area (Å²) in [5, 5.41) is 0. The second-order valence-corrected chi connectivity index (χ2v) is 8.43. The molecule has 1 saturated heterocycles. The summed E-state index contributed by atoms with van der Waals surface area (Å²) in [5.41, 5.74) is 4.87. The van der Waals surface area contributed by atoms with E-state index in [1.165, 1.54) is 5.56 Å². The largest absolute Gasteiger partial charge is 0.491 e. The normalized spacial score (nSPS) is 15.4. The maximum Gasteiger partial charge on any atom is 0.338 e. The van der Waals surface area contributed by atoms with E-state index in [9.17, 15) is 9.59 Å². The van der Waals surface area contributed by atoms with Crippen LogP contribution >= 0.6 is 0 Å². The molecule has 2 heterocycles. The van der Waals surface area contributed by atoms with Gasteiger partial charge in [-0.3, -0.25) is 4.79 Å². The van der Waals surface area contributed by atoms with Crippen LogP contribution < -0.4 is 4.74 Å². The van der Waals surface area contributed by atoms with Gasteiger partial charge in [0.2, 0.25) is 5.78 Å². The van der Waals surface area contributed by atoms with Crippen LogP contribution in [0, 0.1) is 20.8 Å². The Hall–Kier alpha value is -3.38. The molecule has 6 heteroatoms. The third kappa shape index (κ3) is 5.34. The number of carbonyl (C=O) groups is 2. The zero-order chi connectivity index (χ0) is 23.4. The zero-order valence-corrected chi connectivity index (χ0v) is 19.3. The molecule has 1 atom stereocenters. The molecule has 1 aromatic heterocycles. The Balaban J connectivity index is 1.35. The first-order valence-electron chi connectivity index (χ1n) is 11.2. The Morgan fingerprint density at radius 1 is 1.03 bits per heavy atom. The molecule has 1 aliphatic rings. The van der Waals surface area contributed by atoms with E-state index < -0.39 is 5.97 Å². The summed E-state index contributed by atoms with van der Waals surface area (Å²) in [7, 11) is 0. The lowest BCUT2D eigenvalue weighted by Gasteiger charge is -2.11. The van der Waals surface area contributed by atoms with Crippen molar-refractivity contribution in [2.24, 2.45) is 0 Å². The van der Waals surface area contributed by atoms with Gasteiger partial charge in [0.1, 0.15) is 12.4 Å². The molecule has 0 amide bonds. The number of hydrogen-bond acceptors (Lipinski definition) is 5. The van der Waals surface area contributed by atoms with Gasteiger partial charge in [0.05, 0.1) is 11.7 Å². The summed E-state index contributed by atoms with van der Waals surface area (Å²) in [6.07, 6.45) is 2.20. The molecule has 2 aromatic carbocycles. The van der Waals surface area contributed by atoms with Gasteiger partial charge in [-0.05, 0) is 76.1 Å². The molecule has 0 radical (unpaired) electrons. The zero-order valence-electron chi connectivity index (χ0n) is 19.3. The molecule has 0 saturated carbocycles. The number of ketones is 1.